The Balaban J connectivity index is 7.44. The van der Waals surface area contributed by atoms with E-state index in [-0.39, 0.29) is 31.4 Å². The van der Waals surface area contributed by atoms with Crippen LogP contribution in [0.3, 0.4) is 0 Å². The minimum Gasteiger partial charge on any atom is -0.418 e. The third-order valence-electron chi connectivity index (χ3n) is 10.7. The fraction of sp³-hybridized carbons (Fsp3) is 1.00. The Hall–Kier alpha value is 0.177. The summed E-state index contributed by atoms with van der Waals surface area (Å²) >= 11 is 0. The maximum Gasteiger partial charge on any atom is 0.210 e. The molecule has 1 nitrogen and oxygen atoms in total. The smallest absolute Gasteiger partial charge is 0.210 e. The lowest BCUT2D eigenvalue weighted by Crippen LogP contribution is -2.70. The molecule has 0 bridgehead atoms. The van der Waals surface area contributed by atoms with Gasteiger partial charge in [0.05, 0.1) is 0 Å². The van der Waals surface area contributed by atoms with Crippen molar-refractivity contribution in [3.05, 3.63) is 0 Å². The molecule has 0 aliphatic rings. The molecule has 0 fully saturated rings. The van der Waals surface area contributed by atoms with Crippen molar-refractivity contribution in [2.45, 2.75) is 138 Å². The summed E-state index contributed by atoms with van der Waals surface area (Å²) in [6.07, 6.45) is 3.51. The lowest BCUT2D eigenvalue weighted by atomic mass is 9.75. The molecule has 27 heavy (non-hydrogen) atoms. The average molecular weight is 399 g/mol. The predicted molar refractivity (Wildman–Crippen MR) is 127 cm³/mol. The van der Waals surface area contributed by atoms with Crippen molar-refractivity contribution < 1.29 is 4.43 Å². The Morgan fingerprint density at radius 3 is 0.778 bits per heavy atom. The quantitative estimate of drug-likeness (QED) is 0.333. The van der Waals surface area contributed by atoms with Crippen LogP contribution in [0.25, 0.3) is 0 Å². The molecule has 0 rings (SSSR count). The molecule has 0 heterocycles. The van der Waals surface area contributed by atoms with E-state index in [0.29, 0.717) is 0 Å². The van der Waals surface area contributed by atoms with Crippen LogP contribution in [0.2, 0.25) is 15.1 Å². The monoisotopic (exact) mass is 398 g/mol. The third kappa shape index (κ3) is 3.49. The highest BCUT2D eigenvalue weighted by Crippen LogP contribution is 2.76. The Labute approximate surface area is 174 Å². The first-order valence-corrected chi connectivity index (χ1v) is 13.2. The van der Waals surface area contributed by atoms with Gasteiger partial charge in [0.2, 0.25) is 8.32 Å². The van der Waals surface area contributed by atoms with Gasteiger partial charge in [-0.05, 0) is 31.4 Å². The molecule has 2 heteroatoms. The van der Waals surface area contributed by atoms with Gasteiger partial charge in [0, 0.05) is 7.11 Å². The first-order valence-electron chi connectivity index (χ1n) is 11.3. The molecule has 0 spiro atoms. The van der Waals surface area contributed by atoms with E-state index >= 15 is 0 Å². The fourth-order valence-electron chi connectivity index (χ4n) is 5.86. The van der Waals surface area contributed by atoms with Crippen LogP contribution >= 0.6 is 0 Å². The first-order chi connectivity index (χ1) is 11.7. The van der Waals surface area contributed by atoms with E-state index in [0.717, 1.165) is 0 Å². The van der Waals surface area contributed by atoms with E-state index in [1.807, 2.05) is 7.11 Å². The van der Waals surface area contributed by atoms with Gasteiger partial charge in [-0.2, -0.15) is 0 Å². The van der Waals surface area contributed by atoms with Gasteiger partial charge in [-0.1, -0.05) is 123 Å². The summed E-state index contributed by atoms with van der Waals surface area (Å²) in [6, 6.07) is 0. The van der Waals surface area contributed by atoms with Crippen LogP contribution in [-0.4, -0.2) is 15.4 Å². The zero-order valence-electron chi connectivity index (χ0n) is 22.0. The van der Waals surface area contributed by atoms with Gasteiger partial charge in [0.1, 0.15) is 0 Å². The minimum atomic E-state index is -2.42. The van der Waals surface area contributed by atoms with Crippen molar-refractivity contribution in [1.29, 1.82) is 0 Å². The molecular weight excluding hydrogens is 344 g/mol. The van der Waals surface area contributed by atoms with Crippen LogP contribution in [0.1, 0.15) is 123 Å². The Kier molecular flexibility index (Phi) is 7.83. The van der Waals surface area contributed by atoms with Gasteiger partial charge in [-0.3, -0.25) is 0 Å². The SMILES string of the molecule is CCC(C)(C)C(C)(C)[Si](OC)(C(C)(C)C(C)(C)CC)C(C)(C)C(C)(C)CC. The Morgan fingerprint density at radius 2 is 0.667 bits per heavy atom. The lowest BCUT2D eigenvalue weighted by Gasteiger charge is -2.70. The molecule has 0 amide bonds. The van der Waals surface area contributed by atoms with E-state index in [2.05, 4.69) is 104 Å². The summed E-state index contributed by atoms with van der Waals surface area (Å²) in [5.74, 6) is 0. The molecule has 0 aromatic heterocycles. The van der Waals surface area contributed by atoms with Gasteiger partial charge in [0.25, 0.3) is 0 Å². The molecular formula is C25H54OSi. The molecule has 0 aliphatic heterocycles. The van der Waals surface area contributed by atoms with Crippen LogP contribution in [0, 0.1) is 16.2 Å². The van der Waals surface area contributed by atoms with Gasteiger partial charge < -0.3 is 4.43 Å². The zero-order valence-corrected chi connectivity index (χ0v) is 23.0. The van der Waals surface area contributed by atoms with Crippen molar-refractivity contribution in [1.82, 2.24) is 0 Å². The minimum absolute atomic E-state index is 0.107. The van der Waals surface area contributed by atoms with Crippen LogP contribution in [0.15, 0.2) is 0 Å². The van der Waals surface area contributed by atoms with Crippen molar-refractivity contribution in [2.75, 3.05) is 7.11 Å². The van der Waals surface area contributed by atoms with Crippen molar-refractivity contribution in [3.63, 3.8) is 0 Å². The zero-order chi connectivity index (χ0) is 22.3. The maximum absolute atomic E-state index is 7.04. The fourth-order valence-corrected chi connectivity index (χ4v) is 15.5. The maximum atomic E-state index is 7.04. The molecule has 0 saturated carbocycles. The van der Waals surface area contributed by atoms with Crippen LogP contribution in [-0.2, 0) is 4.43 Å². The van der Waals surface area contributed by atoms with E-state index in [4.69, 9.17) is 4.43 Å². The summed E-state index contributed by atoms with van der Waals surface area (Å²) in [7, 11) is -0.379. The summed E-state index contributed by atoms with van der Waals surface area (Å²) in [6.45, 7) is 37.1. The average Bonchev–Trinajstić information content (AvgIpc) is 2.54. The normalized spacial score (nSPS) is 16.0. The molecule has 0 N–H and O–H groups in total. The number of hydrogen-bond donors (Lipinski definition) is 0. The Bertz CT molecular complexity index is 425. The van der Waals surface area contributed by atoms with Crippen molar-refractivity contribution in [2.24, 2.45) is 16.2 Å². The molecule has 0 aromatic rings. The molecule has 0 aromatic carbocycles. The molecule has 0 saturated heterocycles. The van der Waals surface area contributed by atoms with E-state index < -0.39 is 8.32 Å². The van der Waals surface area contributed by atoms with E-state index in [9.17, 15) is 0 Å². The van der Waals surface area contributed by atoms with Crippen LogP contribution in [0.5, 0.6) is 0 Å². The number of hydrogen-bond acceptors (Lipinski definition) is 1. The molecule has 0 aliphatic carbocycles. The van der Waals surface area contributed by atoms with Gasteiger partial charge in [-0.25, -0.2) is 0 Å². The molecule has 0 unspecified atom stereocenters. The second-order valence-corrected chi connectivity index (χ2v) is 18.0. The summed E-state index contributed by atoms with van der Waals surface area (Å²) < 4.78 is 7.04. The highest BCUT2D eigenvalue weighted by Gasteiger charge is 2.74. The second kappa shape index (κ2) is 7.78. The first kappa shape index (κ1) is 27.2. The molecule has 164 valence electrons. The largest absolute Gasteiger partial charge is 0.418 e. The second-order valence-electron chi connectivity index (χ2n) is 12.5. The molecule has 0 atom stereocenters. The van der Waals surface area contributed by atoms with E-state index in [1.165, 1.54) is 19.3 Å². The van der Waals surface area contributed by atoms with E-state index in [1.54, 1.807) is 0 Å². The summed E-state index contributed by atoms with van der Waals surface area (Å²) in [4.78, 5) is 0. The lowest BCUT2D eigenvalue weighted by molar-refractivity contribution is 0.104. The topological polar surface area (TPSA) is 9.23 Å². The highest BCUT2D eigenvalue weighted by molar-refractivity contribution is 6.82. The van der Waals surface area contributed by atoms with Gasteiger partial charge >= 0.3 is 0 Å². The van der Waals surface area contributed by atoms with Crippen molar-refractivity contribution >= 4 is 8.32 Å². The predicted octanol–water partition coefficient (Wildman–Crippen LogP) is 9.23. The third-order valence-corrected chi connectivity index (χ3v) is 18.6. The van der Waals surface area contributed by atoms with Gasteiger partial charge in [0.15, 0.2) is 0 Å². The Morgan fingerprint density at radius 1 is 0.481 bits per heavy atom. The van der Waals surface area contributed by atoms with Crippen LogP contribution < -0.4 is 0 Å². The summed E-state index contributed by atoms with van der Waals surface area (Å²) in [5, 5.41) is 0.320. The molecule has 0 radical (unpaired) electrons. The van der Waals surface area contributed by atoms with Crippen molar-refractivity contribution in [3.8, 4) is 0 Å². The standard InChI is InChI=1S/C25H54OSi/c1-17-20(4,5)23(10,11)27(26-16,24(12,13)21(6,7)18-2)25(14,15)22(8,9)19-3/h17-19H2,1-16H3. The number of rotatable bonds is 10. The highest BCUT2D eigenvalue weighted by atomic mass is 28.4. The van der Waals surface area contributed by atoms with Crippen LogP contribution in [0.4, 0.5) is 0 Å². The van der Waals surface area contributed by atoms with Gasteiger partial charge in [-0.15, -0.1) is 0 Å². The summed E-state index contributed by atoms with van der Waals surface area (Å²) in [5.41, 5.74) is 0.617.